The summed E-state index contributed by atoms with van der Waals surface area (Å²) in [5.41, 5.74) is 10.8. The Morgan fingerprint density at radius 2 is 2.09 bits per heavy atom. The zero-order chi connectivity index (χ0) is 16.2. The summed E-state index contributed by atoms with van der Waals surface area (Å²) in [6.07, 6.45) is 2.02. The summed E-state index contributed by atoms with van der Waals surface area (Å²) in [4.78, 5) is 4.73. The number of nitrogens with two attached hydrogens (primary N) is 1. The van der Waals surface area contributed by atoms with Crippen LogP contribution in [0.4, 0.5) is 5.82 Å². The first kappa shape index (κ1) is 15.5. The minimum atomic E-state index is 0.582. The standard InChI is InChI=1S/C18H23N5/c1-3-5-15-11-17(20-9-8-19)23-18(21-15)12-16(22-23)14-7-4-6-13(2)10-14/h4,6-7,10-12,20H,3,5,8-9,19H2,1-2H3. The third-order valence-corrected chi connectivity index (χ3v) is 3.75. The average Bonchev–Trinajstić information content (AvgIpc) is 2.97. The fourth-order valence-electron chi connectivity index (χ4n) is 2.68. The monoisotopic (exact) mass is 309 g/mol. The highest BCUT2D eigenvalue weighted by atomic mass is 15.3. The highest BCUT2D eigenvalue weighted by Crippen LogP contribution is 2.23. The van der Waals surface area contributed by atoms with Crippen molar-refractivity contribution in [1.82, 2.24) is 14.6 Å². The van der Waals surface area contributed by atoms with Crippen molar-refractivity contribution in [3.05, 3.63) is 47.7 Å². The van der Waals surface area contributed by atoms with Gasteiger partial charge in [0.15, 0.2) is 5.65 Å². The molecule has 0 amide bonds. The van der Waals surface area contributed by atoms with E-state index in [0.29, 0.717) is 13.1 Å². The Morgan fingerprint density at radius 1 is 1.22 bits per heavy atom. The Morgan fingerprint density at radius 3 is 2.83 bits per heavy atom. The van der Waals surface area contributed by atoms with E-state index >= 15 is 0 Å². The number of aryl methyl sites for hydroxylation is 2. The van der Waals surface area contributed by atoms with Gasteiger partial charge in [-0.1, -0.05) is 37.1 Å². The van der Waals surface area contributed by atoms with E-state index in [0.717, 1.165) is 41.3 Å². The molecule has 0 aliphatic heterocycles. The third-order valence-electron chi connectivity index (χ3n) is 3.75. The van der Waals surface area contributed by atoms with E-state index < -0.39 is 0 Å². The molecule has 2 heterocycles. The first-order valence-corrected chi connectivity index (χ1v) is 8.12. The molecule has 5 heteroatoms. The van der Waals surface area contributed by atoms with Crippen molar-refractivity contribution in [2.24, 2.45) is 5.73 Å². The van der Waals surface area contributed by atoms with Crippen molar-refractivity contribution in [2.45, 2.75) is 26.7 Å². The lowest BCUT2D eigenvalue weighted by Gasteiger charge is -2.09. The van der Waals surface area contributed by atoms with Crippen LogP contribution < -0.4 is 11.1 Å². The smallest absolute Gasteiger partial charge is 0.158 e. The molecule has 1 aromatic carbocycles. The van der Waals surface area contributed by atoms with Gasteiger partial charge in [0, 0.05) is 36.5 Å². The molecule has 0 aliphatic rings. The van der Waals surface area contributed by atoms with Gasteiger partial charge in [-0.3, -0.25) is 0 Å². The van der Waals surface area contributed by atoms with Crippen molar-refractivity contribution < 1.29 is 0 Å². The summed E-state index contributed by atoms with van der Waals surface area (Å²) < 4.78 is 1.87. The topological polar surface area (TPSA) is 68.2 Å². The molecule has 3 aromatic rings. The first-order chi connectivity index (χ1) is 11.2. The molecule has 2 aromatic heterocycles. The van der Waals surface area contributed by atoms with Crippen molar-refractivity contribution in [2.75, 3.05) is 18.4 Å². The van der Waals surface area contributed by atoms with E-state index in [1.54, 1.807) is 0 Å². The van der Waals surface area contributed by atoms with Gasteiger partial charge in [-0.05, 0) is 19.4 Å². The van der Waals surface area contributed by atoms with Crippen molar-refractivity contribution in [3.63, 3.8) is 0 Å². The Balaban J connectivity index is 2.09. The van der Waals surface area contributed by atoms with Crippen LogP contribution in [0.3, 0.4) is 0 Å². The van der Waals surface area contributed by atoms with E-state index in [-0.39, 0.29) is 0 Å². The molecule has 0 radical (unpaired) electrons. The summed E-state index contributed by atoms with van der Waals surface area (Å²) in [6, 6.07) is 12.5. The van der Waals surface area contributed by atoms with Gasteiger partial charge in [-0.2, -0.15) is 9.61 Å². The van der Waals surface area contributed by atoms with Crippen molar-refractivity contribution in [1.29, 1.82) is 0 Å². The number of hydrogen-bond acceptors (Lipinski definition) is 4. The van der Waals surface area contributed by atoms with Gasteiger partial charge < -0.3 is 11.1 Å². The fourth-order valence-corrected chi connectivity index (χ4v) is 2.68. The van der Waals surface area contributed by atoms with Crippen LogP contribution in [0.25, 0.3) is 16.9 Å². The molecule has 0 aliphatic carbocycles. The van der Waals surface area contributed by atoms with Crippen LogP contribution in [-0.4, -0.2) is 27.7 Å². The molecule has 3 N–H and O–H groups in total. The Bertz CT molecular complexity index is 806. The van der Waals surface area contributed by atoms with Gasteiger partial charge in [0.25, 0.3) is 0 Å². The normalized spacial score (nSPS) is 11.1. The lowest BCUT2D eigenvalue weighted by molar-refractivity contribution is 0.855. The van der Waals surface area contributed by atoms with Crippen LogP contribution in [0.5, 0.6) is 0 Å². The molecular weight excluding hydrogens is 286 g/mol. The van der Waals surface area contributed by atoms with Crippen LogP contribution >= 0.6 is 0 Å². The Hall–Kier alpha value is -2.40. The second-order valence-electron chi connectivity index (χ2n) is 5.77. The average molecular weight is 309 g/mol. The number of benzene rings is 1. The largest absolute Gasteiger partial charge is 0.369 e. The van der Waals surface area contributed by atoms with E-state index in [1.165, 1.54) is 5.56 Å². The molecule has 0 bridgehead atoms. The second kappa shape index (κ2) is 6.79. The number of anilines is 1. The van der Waals surface area contributed by atoms with Gasteiger partial charge in [0.2, 0.25) is 0 Å². The maximum Gasteiger partial charge on any atom is 0.158 e. The van der Waals surface area contributed by atoms with E-state index in [2.05, 4.69) is 49.5 Å². The first-order valence-electron chi connectivity index (χ1n) is 8.12. The molecule has 3 rings (SSSR count). The maximum atomic E-state index is 5.62. The fraction of sp³-hybridized carbons (Fsp3) is 0.333. The van der Waals surface area contributed by atoms with Crippen molar-refractivity contribution >= 4 is 11.5 Å². The van der Waals surface area contributed by atoms with E-state index in [4.69, 9.17) is 15.8 Å². The summed E-state index contributed by atoms with van der Waals surface area (Å²) in [5.74, 6) is 0.947. The zero-order valence-corrected chi connectivity index (χ0v) is 13.7. The predicted octanol–water partition coefficient (Wildman–Crippen LogP) is 3.03. The molecule has 0 spiro atoms. The quantitative estimate of drug-likeness (QED) is 0.734. The highest BCUT2D eigenvalue weighted by molar-refractivity contribution is 5.66. The minimum Gasteiger partial charge on any atom is -0.369 e. The number of nitrogens with zero attached hydrogens (tertiary/aromatic N) is 3. The third kappa shape index (κ3) is 3.35. The molecule has 0 saturated heterocycles. The van der Waals surface area contributed by atoms with Gasteiger partial charge in [-0.25, -0.2) is 4.98 Å². The van der Waals surface area contributed by atoms with Crippen LogP contribution in [-0.2, 0) is 6.42 Å². The summed E-state index contributed by atoms with van der Waals surface area (Å²) in [7, 11) is 0. The van der Waals surface area contributed by atoms with Crippen molar-refractivity contribution in [3.8, 4) is 11.3 Å². The number of aromatic nitrogens is 3. The molecular formula is C18H23N5. The van der Waals surface area contributed by atoms with Crippen LogP contribution in [0.1, 0.15) is 24.6 Å². The summed E-state index contributed by atoms with van der Waals surface area (Å²) >= 11 is 0. The highest BCUT2D eigenvalue weighted by Gasteiger charge is 2.10. The second-order valence-corrected chi connectivity index (χ2v) is 5.77. The number of fused-ring (bicyclic) bond motifs is 1. The zero-order valence-electron chi connectivity index (χ0n) is 13.7. The molecule has 5 nitrogen and oxygen atoms in total. The van der Waals surface area contributed by atoms with E-state index in [9.17, 15) is 0 Å². The Kier molecular flexibility index (Phi) is 4.57. The molecule has 0 atom stereocenters. The van der Waals surface area contributed by atoms with Gasteiger partial charge in [0.05, 0.1) is 5.69 Å². The maximum absolute atomic E-state index is 5.62. The minimum absolute atomic E-state index is 0.582. The Labute approximate surface area is 136 Å². The lowest BCUT2D eigenvalue weighted by atomic mass is 10.1. The molecule has 0 saturated carbocycles. The summed E-state index contributed by atoms with van der Waals surface area (Å²) in [5, 5.41) is 8.08. The number of nitrogens with one attached hydrogen (secondary N) is 1. The summed E-state index contributed by atoms with van der Waals surface area (Å²) in [6.45, 7) is 5.54. The van der Waals surface area contributed by atoms with Crippen LogP contribution in [0.2, 0.25) is 0 Å². The van der Waals surface area contributed by atoms with Gasteiger partial charge >= 0.3 is 0 Å². The number of rotatable bonds is 6. The number of hydrogen-bond donors (Lipinski definition) is 2. The van der Waals surface area contributed by atoms with Gasteiger partial charge in [-0.15, -0.1) is 0 Å². The lowest BCUT2D eigenvalue weighted by Crippen LogP contribution is -2.16. The van der Waals surface area contributed by atoms with Crippen LogP contribution in [0, 0.1) is 6.92 Å². The molecule has 0 fully saturated rings. The molecule has 23 heavy (non-hydrogen) atoms. The predicted molar refractivity (Wildman–Crippen MR) is 94.7 cm³/mol. The van der Waals surface area contributed by atoms with Gasteiger partial charge in [0.1, 0.15) is 5.82 Å². The molecule has 120 valence electrons. The molecule has 0 unspecified atom stereocenters. The van der Waals surface area contributed by atoms with Crippen LogP contribution in [0.15, 0.2) is 36.4 Å². The van der Waals surface area contributed by atoms with E-state index in [1.807, 2.05) is 10.6 Å². The SMILES string of the molecule is CCCc1cc(NCCN)n2nc(-c3cccc(C)c3)cc2n1.